The number of fused-ring (bicyclic) bond motifs is 1. The summed E-state index contributed by atoms with van der Waals surface area (Å²) in [6, 6.07) is 11.9. The van der Waals surface area contributed by atoms with Gasteiger partial charge in [-0.15, -0.1) is 0 Å². The van der Waals surface area contributed by atoms with Crippen molar-refractivity contribution >= 4 is 26.9 Å². The van der Waals surface area contributed by atoms with Crippen LogP contribution in [0, 0.1) is 0 Å². The van der Waals surface area contributed by atoms with Crippen molar-refractivity contribution in [1.82, 2.24) is 8.96 Å². The molecule has 0 spiro atoms. The van der Waals surface area contributed by atoms with E-state index in [2.05, 4.69) is 9.72 Å². The van der Waals surface area contributed by atoms with Crippen LogP contribution < -0.4 is 5.56 Å². The van der Waals surface area contributed by atoms with Gasteiger partial charge in [-0.1, -0.05) is 24.3 Å². The third-order valence-corrected chi connectivity index (χ3v) is 5.16. The van der Waals surface area contributed by atoms with Crippen molar-refractivity contribution in [3.8, 4) is 0 Å². The highest BCUT2D eigenvalue weighted by Crippen LogP contribution is 2.19. The van der Waals surface area contributed by atoms with Gasteiger partial charge in [0, 0.05) is 0 Å². The lowest BCUT2D eigenvalue weighted by atomic mass is 10.2. The SMILES string of the molecule is COC(=O)c1ccccc1S(=O)(=O)n1cnc2ccccc2c1=O. The first-order chi connectivity index (χ1) is 11.5. The number of rotatable bonds is 3. The molecular formula is C16H12N2O5S. The van der Waals surface area contributed by atoms with Gasteiger partial charge in [0.1, 0.15) is 11.2 Å². The summed E-state index contributed by atoms with van der Waals surface area (Å²) < 4.78 is 30.8. The van der Waals surface area contributed by atoms with Crippen molar-refractivity contribution < 1.29 is 17.9 Å². The monoisotopic (exact) mass is 344 g/mol. The number of benzene rings is 2. The molecule has 0 N–H and O–H groups in total. The van der Waals surface area contributed by atoms with Crippen LogP contribution in [0.4, 0.5) is 0 Å². The molecule has 0 saturated heterocycles. The molecule has 0 radical (unpaired) electrons. The van der Waals surface area contributed by atoms with Crippen LogP contribution >= 0.6 is 0 Å². The Morgan fingerprint density at radius 3 is 2.50 bits per heavy atom. The lowest BCUT2D eigenvalue weighted by molar-refractivity contribution is 0.0596. The van der Waals surface area contributed by atoms with Crippen LogP contribution in [0.3, 0.4) is 0 Å². The van der Waals surface area contributed by atoms with Gasteiger partial charge in [0.25, 0.3) is 15.6 Å². The zero-order chi connectivity index (χ0) is 17.3. The highest BCUT2D eigenvalue weighted by atomic mass is 32.2. The number of esters is 1. The van der Waals surface area contributed by atoms with Gasteiger partial charge in [-0.2, -0.15) is 3.97 Å². The third-order valence-electron chi connectivity index (χ3n) is 3.47. The summed E-state index contributed by atoms with van der Waals surface area (Å²) in [5.74, 6) is -0.809. The van der Waals surface area contributed by atoms with Crippen molar-refractivity contribution in [2.75, 3.05) is 7.11 Å². The maximum Gasteiger partial charge on any atom is 0.339 e. The molecule has 0 saturated carbocycles. The molecule has 0 bridgehead atoms. The quantitative estimate of drug-likeness (QED) is 0.667. The molecule has 0 aliphatic rings. The van der Waals surface area contributed by atoms with E-state index in [1.165, 1.54) is 30.3 Å². The van der Waals surface area contributed by atoms with Crippen molar-refractivity contribution in [3.63, 3.8) is 0 Å². The minimum Gasteiger partial charge on any atom is -0.465 e. The third kappa shape index (κ3) is 2.46. The van der Waals surface area contributed by atoms with Crippen LogP contribution in [0.25, 0.3) is 10.9 Å². The lowest BCUT2D eigenvalue weighted by Crippen LogP contribution is -2.29. The summed E-state index contributed by atoms with van der Waals surface area (Å²) in [6.07, 6.45) is 0.939. The van der Waals surface area contributed by atoms with E-state index in [0.29, 0.717) is 9.49 Å². The number of carbonyl (C=O) groups excluding carboxylic acids is 1. The molecule has 24 heavy (non-hydrogen) atoms. The first kappa shape index (κ1) is 15.9. The molecule has 0 atom stereocenters. The minimum absolute atomic E-state index is 0.153. The van der Waals surface area contributed by atoms with E-state index >= 15 is 0 Å². The summed E-state index contributed by atoms with van der Waals surface area (Å²) in [5, 5.41) is 0.166. The van der Waals surface area contributed by atoms with Crippen LogP contribution in [0.15, 0.2) is 64.5 Å². The fraction of sp³-hybridized carbons (Fsp3) is 0.0625. The Bertz CT molecular complexity index is 1100. The van der Waals surface area contributed by atoms with Gasteiger partial charge in [0.05, 0.1) is 23.6 Å². The Balaban J connectivity index is 2.29. The average molecular weight is 344 g/mol. The molecule has 1 aromatic heterocycles. The number of methoxy groups -OCH3 is 1. The lowest BCUT2D eigenvalue weighted by Gasteiger charge is -2.11. The van der Waals surface area contributed by atoms with Crippen molar-refractivity contribution in [2.45, 2.75) is 4.90 Å². The molecule has 3 rings (SSSR count). The number of ether oxygens (including phenoxy) is 1. The first-order valence-electron chi connectivity index (χ1n) is 6.86. The van der Waals surface area contributed by atoms with Crippen LogP contribution in [-0.4, -0.2) is 30.5 Å². The highest BCUT2D eigenvalue weighted by Gasteiger charge is 2.26. The fourth-order valence-electron chi connectivity index (χ4n) is 2.30. The zero-order valence-corrected chi connectivity index (χ0v) is 13.4. The van der Waals surface area contributed by atoms with E-state index < -0.39 is 21.6 Å². The molecule has 8 heteroatoms. The fourth-order valence-corrected chi connectivity index (χ4v) is 3.68. The van der Waals surface area contributed by atoms with Gasteiger partial charge in [0.2, 0.25) is 0 Å². The Labute approximate surface area is 137 Å². The van der Waals surface area contributed by atoms with Gasteiger partial charge < -0.3 is 4.74 Å². The summed E-state index contributed by atoms with van der Waals surface area (Å²) in [6.45, 7) is 0. The van der Waals surface area contributed by atoms with Gasteiger partial charge >= 0.3 is 5.97 Å². The summed E-state index contributed by atoms with van der Waals surface area (Å²) in [4.78, 5) is 28.0. The van der Waals surface area contributed by atoms with Crippen LogP contribution in [0.2, 0.25) is 0 Å². The zero-order valence-electron chi connectivity index (χ0n) is 12.5. The van der Waals surface area contributed by atoms with E-state index in [-0.39, 0.29) is 15.8 Å². The highest BCUT2D eigenvalue weighted by molar-refractivity contribution is 7.90. The smallest absolute Gasteiger partial charge is 0.339 e. The number of nitrogens with zero attached hydrogens (tertiary/aromatic N) is 2. The molecule has 0 aliphatic carbocycles. The molecule has 0 fully saturated rings. The Kier molecular flexibility index (Phi) is 3.90. The number of hydrogen-bond donors (Lipinski definition) is 0. The maximum absolute atomic E-state index is 12.9. The van der Waals surface area contributed by atoms with Gasteiger partial charge in [0.15, 0.2) is 0 Å². The molecular weight excluding hydrogens is 332 g/mol. The molecule has 1 heterocycles. The van der Waals surface area contributed by atoms with Crippen LogP contribution in [0.1, 0.15) is 10.4 Å². The largest absolute Gasteiger partial charge is 0.465 e. The number of aromatic nitrogens is 2. The Morgan fingerprint density at radius 1 is 1.08 bits per heavy atom. The predicted octanol–water partition coefficient (Wildman–Crippen LogP) is 1.42. The normalized spacial score (nSPS) is 11.4. The van der Waals surface area contributed by atoms with E-state index in [4.69, 9.17) is 0 Å². The first-order valence-corrected chi connectivity index (χ1v) is 8.30. The van der Waals surface area contributed by atoms with Gasteiger partial charge in [-0.3, -0.25) is 4.79 Å². The summed E-state index contributed by atoms with van der Waals surface area (Å²) in [5.41, 5.74) is -0.504. The number of hydrogen-bond acceptors (Lipinski definition) is 6. The molecule has 0 aliphatic heterocycles. The second-order valence-corrected chi connectivity index (χ2v) is 6.64. The predicted molar refractivity (Wildman–Crippen MR) is 86.4 cm³/mol. The van der Waals surface area contributed by atoms with Gasteiger partial charge in [-0.05, 0) is 24.3 Å². The van der Waals surface area contributed by atoms with Crippen LogP contribution in [0.5, 0.6) is 0 Å². The topological polar surface area (TPSA) is 95.3 Å². The van der Waals surface area contributed by atoms with Crippen molar-refractivity contribution in [2.24, 2.45) is 0 Å². The second-order valence-electron chi connectivity index (χ2n) is 4.86. The number of carbonyl (C=O) groups is 1. The molecule has 0 amide bonds. The molecule has 0 unspecified atom stereocenters. The Hall–Kier alpha value is -3.00. The summed E-state index contributed by atoms with van der Waals surface area (Å²) >= 11 is 0. The van der Waals surface area contributed by atoms with E-state index in [1.807, 2.05) is 0 Å². The van der Waals surface area contributed by atoms with E-state index in [0.717, 1.165) is 13.4 Å². The summed E-state index contributed by atoms with van der Waals surface area (Å²) in [7, 11) is -3.16. The molecule has 7 nitrogen and oxygen atoms in total. The maximum atomic E-state index is 12.9. The van der Waals surface area contributed by atoms with Crippen molar-refractivity contribution in [3.05, 3.63) is 70.8 Å². The molecule has 2 aromatic carbocycles. The number of para-hydroxylation sites is 1. The van der Waals surface area contributed by atoms with E-state index in [1.54, 1.807) is 18.2 Å². The van der Waals surface area contributed by atoms with Crippen LogP contribution in [-0.2, 0) is 14.8 Å². The molecule has 3 aromatic rings. The Morgan fingerprint density at radius 2 is 1.75 bits per heavy atom. The van der Waals surface area contributed by atoms with Crippen molar-refractivity contribution in [1.29, 1.82) is 0 Å². The minimum atomic E-state index is -4.31. The van der Waals surface area contributed by atoms with Gasteiger partial charge in [-0.25, -0.2) is 18.2 Å². The second kappa shape index (κ2) is 5.89. The van der Waals surface area contributed by atoms with E-state index in [9.17, 15) is 18.0 Å². The standard InChI is InChI=1S/C16H12N2O5S/c1-23-16(20)12-7-3-5-9-14(12)24(21,22)18-10-17-13-8-4-2-6-11(13)15(18)19/h2-10H,1H3. The molecule has 122 valence electrons. The average Bonchev–Trinajstić information content (AvgIpc) is 2.61.